The molecule has 0 spiro atoms. The van der Waals surface area contributed by atoms with E-state index in [4.69, 9.17) is 11.0 Å². The van der Waals surface area contributed by atoms with Crippen LogP contribution >= 0.6 is 0 Å². The second-order valence-corrected chi connectivity index (χ2v) is 4.68. The van der Waals surface area contributed by atoms with Crippen molar-refractivity contribution in [2.45, 2.75) is 9.79 Å². The Balaban J connectivity index is 3.02. The van der Waals surface area contributed by atoms with E-state index in [2.05, 4.69) is 0 Å². The van der Waals surface area contributed by atoms with Crippen molar-refractivity contribution in [1.82, 2.24) is 0 Å². The molecule has 0 aliphatic heterocycles. The largest absolute Gasteiger partial charge is 0.508 e. The highest BCUT2D eigenvalue weighted by Gasteiger charge is 2.20. The van der Waals surface area contributed by atoms with Gasteiger partial charge >= 0.3 is 0 Å². The number of rotatable bonds is 2. The average Bonchev–Trinajstić information content (AvgIpc) is 2.54. The summed E-state index contributed by atoms with van der Waals surface area (Å²) >= 11 is 0. The molecule has 2 aromatic rings. The van der Waals surface area contributed by atoms with Gasteiger partial charge in [0.15, 0.2) is 0 Å². The van der Waals surface area contributed by atoms with Crippen LogP contribution in [0.4, 0.5) is 0 Å². The molecule has 0 aliphatic carbocycles. The Morgan fingerprint density at radius 2 is 1.53 bits per heavy atom. The van der Waals surface area contributed by atoms with Crippen LogP contribution in [0.25, 0.3) is 0 Å². The third-order valence-electron chi connectivity index (χ3n) is 1.76. The topological polar surface area (TPSA) is 74.6 Å². The summed E-state index contributed by atoms with van der Waals surface area (Å²) in [6.07, 6.45) is 0. The molecule has 0 fully saturated rings. The summed E-state index contributed by atoms with van der Waals surface area (Å²) in [7, 11) is -5.07. The van der Waals surface area contributed by atoms with Gasteiger partial charge in [0, 0.05) is 0 Å². The van der Waals surface area contributed by atoms with Gasteiger partial charge in [0.2, 0.25) is 9.84 Å². The standard InChI is InChI=1S/C12H10O4S/c13-9-5-7-10(8-6-9)17(15,16)12-4-2-1-3-11(12)14/h1-8,13-14H/i1D,2D,3D,4D,5D,6D,7D,8D. The van der Waals surface area contributed by atoms with Crippen molar-refractivity contribution in [3.8, 4) is 11.5 Å². The smallest absolute Gasteiger partial charge is 0.210 e. The van der Waals surface area contributed by atoms with Gasteiger partial charge in [0.25, 0.3) is 0 Å². The number of hydrogen-bond donors (Lipinski definition) is 2. The quantitative estimate of drug-likeness (QED) is 0.863. The van der Waals surface area contributed by atoms with Crippen molar-refractivity contribution in [1.29, 1.82) is 0 Å². The fourth-order valence-corrected chi connectivity index (χ4v) is 2.09. The molecular formula is C12H10O4S. The monoisotopic (exact) mass is 258 g/mol. The van der Waals surface area contributed by atoms with Crippen LogP contribution in [-0.4, -0.2) is 18.6 Å². The van der Waals surface area contributed by atoms with Gasteiger partial charge in [-0.15, -0.1) is 0 Å². The fourth-order valence-electron chi connectivity index (χ4n) is 1.02. The lowest BCUT2D eigenvalue weighted by atomic mass is 10.3. The zero-order chi connectivity index (χ0) is 19.4. The third-order valence-corrected chi connectivity index (χ3v) is 3.34. The molecule has 88 valence electrons. The van der Waals surface area contributed by atoms with Crippen LogP contribution in [0.2, 0.25) is 0 Å². The SMILES string of the molecule is [2H]c1c([2H])c([2H])c(S(=O)(=O)c2c([2H])c([2H])c(O)c([2H])c2[2H])c(O)c1[2H]. The lowest BCUT2D eigenvalue weighted by Crippen LogP contribution is -2.01. The zero-order valence-electron chi connectivity index (χ0n) is 16.1. The Bertz CT molecular complexity index is 885. The predicted octanol–water partition coefficient (Wildman–Crippen LogP) is 1.93. The van der Waals surface area contributed by atoms with E-state index in [1.807, 2.05) is 0 Å². The number of sulfone groups is 1. The lowest BCUT2D eigenvalue weighted by molar-refractivity contribution is 0.459. The van der Waals surface area contributed by atoms with Crippen LogP contribution in [0.1, 0.15) is 11.0 Å². The summed E-state index contributed by atoms with van der Waals surface area (Å²) < 4.78 is 85.8. The van der Waals surface area contributed by atoms with E-state index in [1.54, 1.807) is 0 Å². The number of phenols is 2. The van der Waals surface area contributed by atoms with Crippen LogP contribution in [0.15, 0.2) is 58.1 Å². The first-order valence-corrected chi connectivity index (χ1v) is 5.67. The number of hydrogen-bond acceptors (Lipinski definition) is 4. The molecule has 0 heterocycles. The second kappa shape index (κ2) is 4.10. The van der Waals surface area contributed by atoms with Crippen LogP contribution in [0, 0.1) is 0 Å². The maximum atomic E-state index is 12.8. The molecule has 0 amide bonds. The predicted molar refractivity (Wildman–Crippen MR) is 61.7 cm³/mol. The minimum atomic E-state index is -5.07. The highest BCUT2D eigenvalue weighted by atomic mass is 32.2. The molecule has 0 radical (unpaired) electrons. The Morgan fingerprint density at radius 1 is 0.941 bits per heavy atom. The summed E-state index contributed by atoms with van der Waals surface area (Å²) in [4.78, 5) is -2.49. The minimum absolute atomic E-state index is 0.883. The normalized spacial score (nSPS) is 17.9. The Labute approximate surface area is 110 Å². The number of para-hydroxylation sites is 1. The highest BCUT2D eigenvalue weighted by molar-refractivity contribution is 7.91. The van der Waals surface area contributed by atoms with E-state index >= 15 is 0 Å². The van der Waals surface area contributed by atoms with Crippen molar-refractivity contribution >= 4 is 9.84 Å². The number of aromatic hydroxyl groups is 2. The van der Waals surface area contributed by atoms with Crippen molar-refractivity contribution < 1.29 is 29.6 Å². The lowest BCUT2D eigenvalue weighted by Gasteiger charge is -2.06. The summed E-state index contributed by atoms with van der Waals surface area (Å²) in [6, 6.07) is -8.35. The minimum Gasteiger partial charge on any atom is -0.508 e. The molecule has 0 saturated heterocycles. The van der Waals surface area contributed by atoms with E-state index in [0.717, 1.165) is 0 Å². The van der Waals surface area contributed by atoms with Crippen molar-refractivity contribution in [2.75, 3.05) is 0 Å². The summed E-state index contributed by atoms with van der Waals surface area (Å²) in [5.41, 5.74) is 0. The van der Waals surface area contributed by atoms with Gasteiger partial charge in [0.1, 0.15) is 16.4 Å². The Morgan fingerprint density at radius 3 is 2.18 bits per heavy atom. The van der Waals surface area contributed by atoms with Crippen LogP contribution in [0.3, 0.4) is 0 Å². The van der Waals surface area contributed by atoms with Crippen LogP contribution in [0.5, 0.6) is 11.5 Å². The van der Waals surface area contributed by atoms with Gasteiger partial charge in [-0.3, -0.25) is 0 Å². The second-order valence-electron chi connectivity index (χ2n) is 2.86. The number of benzene rings is 2. The van der Waals surface area contributed by atoms with Crippen LogP contribution in [-0.2, 0) is 9.84 Å². The molecular weight excluding hydrogens is 240 g/mol. The summed E-state index contributed by atoms with van der Waals surface area (Å²) in [5.74, 6) is -2.39. The van der Waals surface area contributed by atoms with Crippen molar-refractivity contribution in [3.05, 3.63) is 48.3 Å². The summed E-state index contributed by atoms with van der Waals surface area (Å²) in [5, 5.41) is 19.4. The number of phenolic OH excluding ortho intramolecular Hbond substituents is 2. The molecule has 2 N–H and O–H groups in total. The van der Waals surface area contributed by atoms with Gasteiger partial charge in [-0.1, -0.05) is 12.1 Å². The van der Waals surface area contributed by atoms with E-state index in [9.17, 15) is 18.6 Å². The molecule has 0 unspecified atom stereocenters. The van der Waals surface area contributed by atoms with E-state index in [1.165, 1.54) is 0 Å². The Hall–Kier alpha value is -2.01. The highest BCUT2D eigenvalue weighted by Crippen LogP contribution is 2.28. The van der Waals surface area contributed by atoms with Gasteiger partial charge < -0.3 is 10.2 Å². The first-order valence-electron chi connectivity index (χ1n) is 8.19. The fraction of sp³-hybridized carbons (Fsp3) is 0. The molecule has 2 aromatic carbocycles. The molecule has 0 aromatic heterocycles. The maximum Gasteiger partial charge on any atom is 0.210 e. The maximum absolute atomic E-state index is 12.8. The first-order chi connectivity index (χ1) is 11.4. The molecule has 0 atom stereocenters. The molecule has 0 bridgehead atoms. The van der Waals surface area contributed by atoms with Gasteiger partial charge in [0.05, 0.1) is 15.9 Å². The molecule has 5 heteroatoms. The van der Waals surface area contributed by atoms with E-state index in [0.29, 0.717) is 0 Å². The van der Waals surface area contributed by atoms with Crippen molar-refractivity contribution in [2.24, 2.45) is 0 Å². The van der Waals surface area contributed by atoms with Gasteiger partial charge in [-0.25, -0.2) is 8.42 Å². The average molecular weight is 258 g/mol. The molecule has 2 rings (SSSR count). The zero-order valence-corrected chi connectivity index (χ0v) is 8.94. The van der Waals surface area contributed by atoms with E-state index < -0.39 is 79.5 Å². The third kappa shape index (κ3) is 2.09. The first kappa shape index (κ1) is 5.10. The molecule has 0 saturated carbocycles. The van der Waals surface area contributed by atoms with Crippen molar-refractivity contribution in [3.63, 3.8) is 0 Å². The van der Waals surface area contributed by atoms with E-state index in [-0.39, 0.29) is 0 Å². The summed E-state index contributed by atoms with van der Waals surface area (Å²) in [6.45, 7) is 0. The van der Waals surface area contributed by atoms with Crippen LogP contribution < -0.4 is 0 Å². The molecule has 17 heavy (non-hydrogen) atoms. The van der Waals surface area contributed by atoms with Gasteiger partial charge in [-0.2, -0.15) is 0 Å². The molecule has 0 aliphatic rings. The molecule has 4 nitrogen and oxygen atoms in total. The Kier molecular flexibility index (Phi) is 1.23. The van der Waals surface area contributed by atoms with Gasteiger partial charge in [-0.05, 0) is 36.3 Å².